The number of aromatic nitrogens is 4. The second-order valence-corrected chi connectivity index (χ2v) is 15.0. The lowest BCUT2D eigenvalue weighted by Crippen LogP contribution is -2.48. The van der Waals surface area contributed by atoms with Crippen molar-refractivity contribution in [3.05, 3.63) is 80.0 Å². The number of hydrogen-bond donors (Lipinski definition) is 2. The SMILES string of the molecule is Cc1cc(NC(=O)CN2CC(C)OC(C)C2)nn1-c1ccc(Cl)cc1Cl.Cc1cc(NCCN2CC(C)OC(C)C2)nn1-c1ccc(Cl)cc1Cl. The molecule has 4 unspecified atom stereocenters. The molecule has 1 amide bonds. The lowest BCUT2D eigenvalue weighted by molar-refractivity contribution is -0.121. The molecule has 0 saturated carbocycles. The third-order valence-corrected chi connectivity index (χ3v) is 9.49. The molecule has 2 fully saturated rings. The lowest BCUT2D eigenvalue weighted by atomic mass is 10.2. The number of hydrogen-bond acceptors (Lipinski definition) is 8. The number of ether oxygens (including phenoxy) is 2. The number of carbonyl (C=O) groups is 1. The van der Waals surface area contributed by atoms with Crippen molar-refractivity contribution in [2.45, 2.75) is 66.0 Å². The van der Waals surface area contributed by atoms with E-state index in [0.29, 0.717) is 38.1 Å². The zero-order chi connectivity index (χ0) is 36.8. The van der Waals surface area contributed by atoms with Crippen LogP contribution >= 0.6 is 46.4 Å². The second-order valence-electron chi connectivity index (χ2n) is 13.3. The van der Waals surface area contributed by atoms with Crippen molar-refractivity contribution in [3.63, 3.8) is 0 Å². The predicted molar refractivity (Wildman–Crippen MR) is 207 cm³/mol. The normalized spacial score (nSPS) is 21.2. The van der Waals surface area contributed by atoms with E-state index in [1.54, 1.807) is 28.9 Å². The molecule has 0 aliphatic carbocycles. The van der Waals surface area contributed by atoms with Crippen molar-refractivity contribution in [3.8, 4) is 11.4 Å². The van der Waals surface area contributed by atoms with Gasteiger partial charge >= 0.3 is 0 Å². The lowest BCUT2D eigenvalue weighted by Gasteiger charge is -2.35. The Morgan fingerprint density at radius 1 is 0.706 bits per heavy atom. The number of nitrogens with zero attached hydrogens (tertiary/aromatic N) is 6. The number of rotatable bonds is 9. The van der Waals surface area contributed by atoms with E-state index in [2.05, 4.69) is 44.5 Å². The van der Waals surface area contributed by atoms with E-state index in [-0.39, 0.29) is 30.3 Å². The largest absolute Gasteiger partial charge is 0.373 e. The van der Waals surface area contributed by atoms with Crippen molar-refractivity contribution < 1.29 is 14.3 Å². The second kappa shape index (κ2) is 17.8. The highest BCUT2D eigenvalue weighted by molar-refractivity contribution is 6.36. The highest BCUT2D eigenvalue weighted by Crippen LogP contribution is 2.27. The summed E-state index contributed by atoms with van der Waals surface area (Å²) in [5, 5.41) is 17.6. The van der Waals surface area contributed by atoms with Crippen molar-refractivity contribution in [1.29, 1.82) is 0 Å². The Labute approximate surface area is 320 Å². The molecule has 0 spiro atoms. The molecule has 4 aromatic rings. The summed E-state index contributed by atoms with van der Waals surface area (Å²) < 4.78 is 15.0. The molecule has 2 aromatic carbocycles. The van der Waals surface area contributed by atoms with Crippen LogP contribution in [0.3, 0.4) is 0 Å². The number of carbonyl (C=O) groups excluding carboxylic acids is 1. The Kier molecular flexibility index (Phi) is 13.7. The van der Waals surface area contributed by atoms with Crippen LogP contribution in [0.4, 0.5) is 11.6 Å². The number of nitrogens with one attached hydrogen (secondary N) is 2. The van der Waals surface area contributed by atoms with Gasteiger partial charge in [0.15, 0.2) is 5.82 Å². The van der Waals surface area contributed by atoms with E-state index >= 15 is 0 Å². The summed E-state index contributed by atoms with van der Waals surface area (Å²) in [6, 6.07) is 14.5. The maximum absolute atomic E-state index is 12.4. The van der Waals surface area contributed by atoms with Crippen molar-refractivity contribution in [1.82, 2.24) is 29.4 Å². The Balaban J connectivity index is 0.000000198. The molecule has 11 nitrogen and oxygen atoms in total. The summed E-state index contributed by atoms with van der Waals surface area (Å²) in [4.78, 5) is 16.9. The minimum Gasteiger partial charge on any atom is -0.373 e. The van der Waals surface area contributed by atoms with Crippen LogP contribution in [0, 0.1) is 13.8 Å². The summed E-state index contributed by atoms with van der Waals surface area (Å²) in [6.07, 6.45) is 0.828. The third kappa shape index (κ3) is 11.1. The number of morpholine rings is 2. The van der Waals surface area contributed by atoms with Gasteiger partial charge in [-0.1, -0.05) is 46.4 Å². The average Bonchev–Trinajstić information content (AvgIpc) is 3.57. The molecule has 0 radical (unpaired) electrons. The van der Waals surface area contributed by atoms with Crippen LogP contribution < -0.4 is 10.6 Å². The molecule has 4 heterocycles. The van der Waals surface area contributed by atoms with Gasteiger partial charge in [0.25, 0.3) is 0 Å². The summed E-state index contributed by atoms with van der Waals surface area (Å²) in [5.41, 5.74) is 3.41. The standard InChI is InChI=1S/C18H22Cl2N4O2.C18H24Cl2N4O/c1-11-6-17(22-24(11)16-5-4-14(19)7-15(16)20)21-18(25)10-23-8-12(2)26-13(3)9-23;1-12-8-18(21-6-7-23-10-13(2)25-14(3)11-23)22-24(12)17-5-4-15(19)9-16(17)20/h4-7,12-13H,8-10H2,1-3H3,(H,21,22,25);4-5,8-9,13-14H,6-7,10-11H2,1-3H3,(H,21,22). The van der Waals surface area contributed by atoms with E-state index in [4.69, 9.17) is 55.9 Å². The van der Waals surface area contributed by atoms with Gasteiger partial charge in [-0.05, 0) is 77.9 Å². The molecule has 2 N–H and O–H groups in total. The summed E-state index contributed by atoms with van der Waals surface area (Å²) >= 11 is 24.5. The van der Waals surface area contributed by atoms with Gasteiger partial charge in [0.2, 0.25) is 5.91 Å². The zero-order valence-corrected chi connectivity index (χ0v) is 32.8. The highest BCUT2D eigenvalue weighted by atomic mass is 35.5. The molecule has 2 aliphatic heterocycles. The van der Waals surface area contributed by atoms with E-state index in [1.165, 1.54) is 0 Å². The van der Waals surface area contributed by atoms with Crippen LogP contribution in [-0.2, 0) is 14.3 Å². The maximum atomic E-state index is 12.4. The average molecular weight is 781 g/mol. The van der Waals surface area contributed by atoms with E-state index in [9.17, 15) is 4.79 Å². The van der Waals surface area contributed by atoms with Crippen molar-refractivity contribution in [2.75, 3.05) is 56.4 Å². The molecule has 276 valence electrons. The molecular weight excluding hydrogens is 734 g/mol. The van der Waals surface area contributed by atoms with Crippen LogP contribution in [0.1, 0.15) is 39.1 Å². The first-order chi connectivity index (χ1) is 24.2. The molecule has 0 bridgehead atoms. The molecule has 2 aliphatic rings. The third-order valence-electron chi connectivity index (χ3n) is 8.41. The summed E-state index contributed by atoms with van der Waals surface area (Å²) in [6.45, 7) is 17.7. The first kappa shape index (κ1) is 39.3. The molecule has 51 heavy (non-hydrogen) atoms. The van der Waals surface area contributed by atoms with Crippen molar-refractivity contribution in [2.24, 2.45) is 0 Å². The smallest absolute Gasteiger partial charge is 0.239 e. The zero-order valence-electron chi connectivity index (χ0n) is 29.8. The van der Waals surface area contributed by atoms with Gasteiger partial charge in [0, 0.05) is 72.8 Å². The van der Waals surface area contributed by atoms with E-state index in [0.717, 1.165) is 62.2 Å². The predicted octanol–water partition coefficient (Wildman–Crippen LogP) is 7.54. The van der Waals surface area contributed by atoms with Crippen molar-refractivity contribution >= 4 is 63.9 Å². The Morgan fingerprint density at radius 2 is 1.16 bits per heavy atom. The van der Waals surface area contributed by atoms with E-state index < -0.39 is 0 Å². The molecule has 2 saturated heterocycles. The highest BCUT2D eigenvalue weighted by Gasteiger charge is 2.24. The number of halogens is 4. The van der Waals surface area contributed by atoms with Gasteiger partial charge in [-0.15, -0.1) is 5.10 Å². The number of anilines is 2. The molecule has 15 heteroatoms. The molecule has 6 rings (SSSR count). The number of aryl methyl sites for hydroxylation is 2. The van der Waals surface area contributed by atoms with Crippen LogP contribution in [0.25, 0.3) is 11.4 Å². The summed E-state index contributed by atoms with van der Waals surface area (Å²) in [5.74, 6) is 1.24. The van der Waals surface area contributed by atoms with E-state index in [1.807, 2.05) is 56.6 Å². The van der Waals surface area contributed by atoms with Gasteiger partial charge < -0.3 is 20.1 Å². The van der Waals surface area contributed by atoms with Gasteiger partial charge in [-0.25, -0.2) is 9.36 Å². The number of amides is 1. The van der Waals surface area contributed by atoms with Crippen LogP contribution in [0.2, 0.25) is 20.1 Å². The van der Waals surface area contributed by atoms with Crippen LogP contribution in [0.15, 0.2) is 48.5 Å². The number of benzene rings is 2. The first-order valence-corrected chi connectivity index (χ1v) is 18.6. The molecule has 2 aromatic heterocycles. The fraction of sp³-hybridized carbons (Fsp3) is 0.472. The van der Waals surface area contributed by atoms with Gasteiger partial charge in [-0.3, -0.25) is 14.6 Å². The van der Waals surface area contributed by atoms with Crippen LogP contribution in [-0.4, -0.2) is 105 Å². The Bertz CT molecular complexity index is 1780. The minimum absolute atomic E-state index is 0.0989. The molecule has 4 atom stereocenters. The van der Waals surface area contributed by atoms with Gasteiger partial charge in [0.05, 0.1) is 52.4 Å². The molecular formula is C36H46Cl4N8O3. The summed E-state index contributed by atoms with van der Waals surface area (Å²) in [7, 11) is 0. The van der Waals surface area contributed by atoms with Crippen LogP contribution in [0.5, 0.6) is 0 Å². The first-order valence-electron chi connectivity index (χ1n) is 17.1. The van der Waals surface area contributed by atoms with Gasteiger partial charge in [0.1, 0.15) is 5.82 Å². The Hall–Kier alpha value is -2.87. The minimum atomic E-state index is -0.0989. The fourth-order valence-electron chi connectivity index (χ4n) is 6.50. The quantitative estimate of drug-likeness (QED) is 0.180. The Morgan fingerprint density at radius 3 is 1.65 bits per heavy atom. The topological polar surface area (TPSA) is 102 Å². The fourth-order valence-corrected chi connectivity index (χ4v) is 7.48. The maximum Gasteiger partial charge on any atom is 0.239 e. The van der Waals surface area contributed by atoms with Gasteiger partial charge in [-0.2, -0.15) is 5.10 Å². The monoisotopic (exact) mass is 778 g/mol.